The van der Waals surface area contributed by atoms with E-state index >= 15 is 0 Å². The lowest BCUT2D eigenvalue weighted by atomic mass is 9.90. The lowest BCUT2D eigenvalue weighted by molar-refractivity contribution is -0.132. The Labute approximate surface area is 136 Å². The Bertz CT molecular complexity index is 578. The monoisotopic (exact) mass is 316 g/mol. The molecule has 2 heterocycles. The van der Waals surface area contributed by atoms with Crippen molar-refractivity contribution in [2.45, 2.75) is 56.6 Å². The van der Waals surface area contributed by atoms with E-state index in [9.17, 15) is 9.90 Å². The van der Waals surface area contributed by atoms with E-state index in [2.05, 4.69) is 20.2 Å². The van der Waals surface area contributed by atoms with Gasteiger partial charge in [0.15, 0.2) is 0 Å². The topological polar surface area (TPSA) is 78.4 Å². The van der Waals surface area contributed by atoms with Crippen molar-refractivity contribution in [1.82, 2.24) is 15.3 Å². The molecule has 2 N–H and O–H groups in total. The molecule has 2 aliphatic carbocycles. The number of carbonyl (C=O) groups is 1. The molecule has 1 aromatic rings. The number of amides is 1. The summed E-state index contributed by atoms with van der Waals surface area (Å²) in [5, 5.41) is 13.1. The number of hydrogen-bond donors (Lipinski definition) is 2. The van der Waals surface area contributed by atoms with Gasteiger partial charge >= 0.3 is 0 Å². The van der Waals surface area contributed by atoms with E-state index in [1.165, 1.54) is 12.8 Å². The normalized spacial score (nSPS) is 23.6. The van der Waals surface area contributed by atoms with Crippen molar-refractivity contribution in [3.63, 3.8) is 0 Å². The second-order valence-corrected chi connectivity index (χ2v) is 7.10. The van der Waals surface area contributed by atoms with Crippen molar-refractivity contribution < 1.29 is 9.90 Å². The van der Waals surface area contributed by atoms with Gasteiger partial charge in [0.25, 0.3) is 0 Å². The van der Waals surface area contributed by atoms with E-state index in [-0.39, 0.29) is 11.8 Å². The number of aliphatic hydroxyl groups excluding tert-OH is 1. The van der Waals surface area contributed by atoms with Gasteiger partial charge in [-0.15, -0.1) is 0 Å². The number of carbonyl (C=O) groups excluding carboxylic acids is 1. The van der Waals surface area contributed by atoms with Crippen molar-refractivity contribution in [3.8, 4) is 0 Å². The predicted octanol–water partition coefficient (Wildman–Crippen LogP) is 1.21. The molecular formula is C17H24N4O2. The maximum absolute atomic E-state index is 12.0. The van der Waals surface area contributed by atoms with Gasteiger partial charge in [-0.1, -0.05) is 0 Å². The summed E-state index contributed by atoms with van der Waals surface area (Å²) in [6.45, 7) is 1.67. The first kappa shape index (κ1) is 14.9. The summed E-state index contributed by atoms with van der Waals surface area (Å²) >= 11 is 0. The Morgan fingerprint density at radius 1 is 1.22 bits per heavy atom. The molecule has 1 saturated heterocycles. The Balaban J connectivity index is 1.33. The Morgan fingerprint density at radius 3 is 2.61 bits per heavy atom. The molecule has 2 saturated carbocycles. The third-order valence-corrected chi connectivity index (χ3v) is 5.10. The highest BCUT2D eigenvalue weighted by Gasteiger charge is 2.33. The van der Waals surface area contributed by atoms with Crippen LogP contribution >= 0.6 is 0 Å². The van der Waals surface area contributed by atoms with Gasteiger partial charge in [-0.05, 0) is 50.5 Å². The highest BCUT2D eigenvalue weighted by molar-refractivity contribution is 5.81. The van der Waals surface area contributed by atoms with Gasteiger partial charge in [0.05, 0.1) is 0 Å². The van der Waals surface area contributed by atoms with Gasteiger partial charge < -0.3 is 15.3 Å². The van der Waals surface area contributed by atoms with Crippen LogP contribution in [0.3, 0.4) is 0 Å². The van der Waals surface area contributed by atoms with E-state index in [1.54, 1.807) is 0 Å². The number of aliphatic hydroxyl groups is 1. The van der Waals surface area contributed by atoms with E-state index in [0.717, 1.165) is 50.4 Å². The molecule has 1 aromatic heterocycles. The van der Waals surface area contributed by atoms with E-state index in [4.69, 9.17) is 0 Å². The fourth-order valence-electron chi connectivity index (χ4n) is 3.25. The summed E-state index contributed by atoms with van der Waals surface area (Å²) in [7, 11) is 0. The van der Waals surface area contributed by atoms with Crippen LogP contribution in [0.1, 0.15) is 50.3 Å². The van der Waals surface area contributed by atoms with Crippen LogP contribution in [0.2, 0.25) is 0 Å². The Kier molecular flexibility index (Phi) is 3.93. The lowest BCUT2D eigenvalue weighted by Gasteiger charge is -2.34. The molecule has 6 nitrogen and oxygen atoms in total. The van der Waals surface area contributed by atoms with Crippen LogP contribution in [-0.4, -0.2) is 46.2 Å². The minimum absolute atomic E-state index is 0.0507. The highest BCUT2D eigenvalue weighted by atomic mass is 16.3. The fourth-order valence-corrected chi connectivity index (χ4v) is 3.25. The van der Waals surface area contributed by atoms with Crippen LogP contribution in [0.4, 0.5) is 5.82 Å². The lowest BCUT2D eigenvalue weighted by Crippen LogP contribution is -2.45. The van der Waals surface area contributed by atoms with Crippen LogP contribution in [0, 0.1) is 5.92 Å². The maximum Gasteiger partial charge on any atom is 0.249 e. The van der Waals surface area contributed by atoms with E-state index < -0.39 is 6.10 Å². The molecule has 124 valence electrons. The van der Waals surface area contributed by atoms with Gasteiger partial charge in [0.1, 0.15) is 17.7 Å². The highest BCUT2D eigenvalue weighted by Crippen LogP contribution is 2.38. The number of nitrogens with one attached hydrogen (secondary N) is 1. The Hall–Kier alpha value is -1.69. The first-order valence-corrected chi connectivity index (χ1v) is 8.77. The van der Waals surface area contributed by atoms with Crippen LogP contribution in [0.5, 0.6) is 0 Å². The van der Waals surface area contributed by atoms with Gasteiger partial charge in [-0.25, -0.2) is 9.97 Å². The average Bonchev–Trinajstić information content (AvgIpc) is 3.48. The summed E-state index contributed by atoms with van der Waals surface area (Å²) < 4.78 is 0. The van der Waals surface area contributed by atoms with Crippen molar-refractivity contribution in [1.29, 1.82) is 0 Å². The smallest absolute Gasteiger partial charge is 0.249 e. The SMILES string of the molecule is O=C(NC1CC1)C(O)C1CCN(c2ccnc(C3CC3)n2)CC1. The van der Waals surface area contributed by atoms with Gasteiger partial charge in [0.2, 0.25) is 5.91 Å². The van der Waals surface area contributed by atoms with Gasteiger partial charge in [-0.3, -0.25) is 4.79 Å². The molecule has 1 aliphatic heterocycles. The molecule has 3 fully saturated rings. The maximum atomic E-state index is 12.0. The quantitative estimate of drug-likeness (QED) is 0.854. The number of nitrogens with zero attached hydrogens (tertiary/aromatic N) is 3. The van der Waals surface area contributed by atoms with Crippen LogP contribution in [0.15, 0.2) is 12.3 Å². The van der Waals surface area contributed by atoms with Gasteiger partial charge in [0, 0.05) is 31.2 Å². The van der Waals surface area contributed by atoms with Crippen molar-refractivity contribution in [3.05, 3.63) is 18.1 Å². The molecule has 0 bridgehead atoms. The average molecular weight is 316 g/mol. The van der Waals surface area contributed by atoms with E-state index in [1.807, 2.05) is 12.3 Å². The number of anilines is 1. The second kappa shape index (κ2) is 6.07. The summed E-state index contributed by atoms with van der Waals surface area (Å²) in [6.07, 6.45) is 7.12. The molecule has 3 aliphatic rings. The summed E-state index contributed by atoms with van der Waals surface area (Å²) in [5.41, 5.74) is 0. The molecule has 23 heavy (non-hydrogen) atoms. The standard InChI is InChI=1S/C17H24N4O2/c22-15(17(23)19-13-3-4-13)11-6-9-21(10-7-11)14-5-8-18-16(20-14)12-1-2-12/h5,8,11-13,15,22H,1-4,6-7,9-10H2,(H,19,23). The number of rotatable bonds is 5. The minimum atomic E-state index is -0.870. The molecule has 0 radical (unpaired) electrons. The number of piperidine rings is 1. The molecule has 1 amide bonds. The Morgan fingerprint density at radius 2 is 1.96 bits per heavy atom. The van der Waals surface area contributed by atoms with E-state index in [0.29, 0.717) is 12.0 Å². The van der Waals surface area contributed by atoms with Gasteiger partial charge in [-0.2, -0.15) is 0 Å². The number of aromatic nitrogens is 2. The molecule has 4 rings (SSSR count). The molecule has 0 aromatic carbocycles. The van der Waals surface area contributed by atoms with Crippen molar-refractivity contribution in [2.24, 2.45) is 5.92 Å². The van der Waals surface area contributed by atoms with Crippen molar-refractivity contribution in [2.75, 3.05) is 18.0 Å². The second-order valence-electron chi connectivity index (χ2n) is 7.10. The predicted molar refractivity (Wildman–Crippen MR) is 86.1 cm³/mol. The molecular weight excluding hydrogens is 292 g/mol. The number of hydrogen-bond acceptors (Lipinski definition) is 5. The summed E-state index contributed by atoms with van der Waals surface area (Å²) in [4.78, 5) is 23.3. The largest absolute Gasteiger partial charge is 0.383 e. The molecule has 0 spiro atoms. The molecule has 1 unspecified atom stereocenters. The summed E-state index contributed by atoms with van der Waals surface area (Å²) in [6, 6.07) is 2.27. The third kappa shape index (κ3) is 3.47. The first-order valence-electron chi connectivity index (χ1n) is 8.77. The summed E-state index contributed by atoms with van der Waals surface area (Å²) in [5.74, 6) is 2.37. The zero-order valence-electron chi connectivity index (χ0n) is 13.3. The van der Waals surface area contributed by atoms with Crippen LogP contribution in [-0.2, 0) is 4.79 Å². The zero-order valence-corrected chi connectivity index (χ0v) is 13.3. The van der Waals surface area contributed by atoms with Crippen LogP contribution in [0.25, 0.3) is 0 Å². The van der Waals surface area contributed by atoms with Crippen LogP contribution < -0.4 is 10.2 Å². The fraction of sp³-hybridized carbons (Fsp3) is 0.706. The minimum Gasteiger partial charge on any atom is -0.383 e. The third-order valence-electron chi connectivity index (χ3n) is 5.10. The molecule has 1 atom stereocenters. The molecule has 6 heteroatoms. The van der Waals surface area contributed by atoms with Crippen molar-refractivity contribution >= 4 is 11.7 Å². The zero-order chi connectivity index (χ0) is 15.8. The first-order chi connectivity index (χ1) is 11.2.